The molecule has 1 aromatic carbocycles. The Labute approximate surface area is 143 Å². The molecule has 2 aromatic rings. The second-order valence-electron chi connectivity index (χ2n) is 5.88. The molecule has 0 aliphatic carbocycles. The molecule has 1 aliphatic rings. The number of nitrogens with zero attached hydrogens (tertiary/aromatic N) is 2. The van der Waals surface area contributed by atoms with Crippen LogP contribution in [0.4, 0.5) is 0 Å². The third kappa shape index (κ3) is 2.74. The number of rotatable bonds is 4. The van der Waals surface area contributed by atoms with E-state index in [1.54, 1.807) is 4.90 Å². The maximum absolute atomic E-state index is 12.5. The fourth-order valence-electron chi connectivity index (χ4n) is 2.87. The Bertz CT molecular complexity index is 789. The first-order chi connectivity index (χ1) is 11.5. The quantitative estimate of drug-likeness (QED) is 0.870. The highest BCUT2D eigenvalue weighted by molar-refractivity contribution is 6.33. The van der Waals surface area contributed by atoms with Crippen LogP contribution in [0.2, 0.25) is 5.02 Å². The Morgan fingerprint density at radius 1 is 1.29 bits per heavy atom. The van der Waals surface area contributed by atoms with Gasteiger partial charge in [-0.2, -0.15) is 0 Å². The summed E-state index contributed by atoms with van der Waals surface area (Å²) in [6, 6.07) is 10.9. The number of hydrogen-bond acceptors (Lipinski definition) is 4. The summed E-state index contributed by atoms with van der Waals surface area (Å²) in [5, 5.41) is 9.86. The number of pyridine rings is 1. The van der Waals surface area contributed by atoms with Gasteiger partial charge in [-0.05, 0) is 11.6 Å². The number of aromatic nitrogens is 1. The molecule has 0 unspecified atom stereocenters. The average Bonchev–Trinajstić information content (AvgIpc) is 2.55. The Kier molecular flexibility index (Phi) is 4.26. The molecule has 6 nitrogen and oxygen atoms in total. The molecule has 1 fully saturated rings. The molecular formula is C17H16ClN3O3. The van der Waals surface area contributed by atoms with E-state index in [1.807, 2.05) is 30.3 Å². The molecule has 1 saturated heterocycles. The van der Waals surface area contributed by atoms with Crippen LogP contribution in [0, 0.1) is 0 Å². The fraction of sp³-hybridized carbons (Fsp3) is 0.235. The standard InChI is InChI=1S/C17H16ClN3O3/c18-13-6-11(15(19)23)7-20-14(13)16(24)21-8-17(9-21,10-22)12-4-2-1-3-5-12/h1-7,22H,8-10H2,(H2,19,23). The largest absolute Gasteiger partial charge is 0.395 e. The molecule has 24 heavy (non-hydrogen) atoms. The first-order valence-corrected chi connectivity index (χ1v) is 7.76. The van der Waals surface area contributed by atoms with E-state index in [0.29, 0.717) is 13.1 Å². The number of aliphatic hydroxyl groups excluding tert-OH is 1. The first kappa shape index (κ1) is 16.4. The van der Waals surface area contributed by atoms with Crippen molar-refractivity contribution in [1.82, 2.24) is 9.88 Å². The minimum absolute atomic E-state index is 0.0530. The van der Waals surface area contributed by atoms with Crippen molar-refractivity contribution in [1.29, 1.82) is 0 Å². The number of carbonyl (C=O) groups is 2. The summed E-state index contributed by atoms with van der Waals surface area (Å²) in [6.07, 6.45) is 1.23. The zero-order chi connectivity index (χ0) is 17.3. The maximum Gasteiger partial charge on any atom is 0.274 e. The van der Waals surface area contributed by atoms with Gasteiger partial charge in [0.05, 0.1) is 22.6 Å². The number of amides is 2. The monoisotopic (exact) mass is 345 g/mol. The Morgan fingerprint density at radius 3 is 2.50 bits per heavy atom. The third-order valence-electron chi connectivity index (χ3n) is 4.29. The van der Waals surface area contributed by atoms with Crippen LogP contribution in [-0.4, -0.2) is 46.5 Å². The lowest BCUT2D eigenvalue weighted by Crippen LogP contribution is -2.63. The molecule has 2 heterocycles. The minimum atomic E-state index is -0.657. The van der Waals surface area contributed by atoms with Gasteiger partial charge in [0, 0.05) is 19.3 Å². The van der Waals surface area contributed by atoms with Crippen molar-refractivity contribution < 1.29 is 14.7 Å². The molecular weight excluding hydrogens is 330 g/mol. The topological polar surface area (TPSA) is 96.5 Å². The zero-order valence-electron chi connectivity index (χ0n) is 12.8. The first-order valence-electron chi connectivity index (χ1n) is 7.38. The van der Waals surface area contributed by atoms with Crippen molar-refractivity contribution in [3.05, 3.63) is 64.4 Å². The van der Waals surface area contributed by atoms with Crippen LogP contribution in [0.1, 0.15) is 26.4 Å². The number of hydrogen-bond donors (Lipinski definition) is 2. The van der Waals surface area contributed by atoms with E-state index in [1.165, 1.54) is 12.3 Å². The van der Waals surface area contributed by atoms with Crippen LogP contribution in [0.5, 0.6) is 0 Å². The van der Waals surface area contributed by atoms with Crippen molar-refractivity contribution in [3.8, 4) is 0 Å². The summed E-state index contributed by atoms with van der Waals surface area (Å²) in [6.45, 7) is 0.701. The highest BCUT2D eigenvalue weighted by Crippen LogP contribution is 2.35. The number of aliphatic hydroxyl groups is 1. The molecule has 0 spiro atoms. The Hall–Kier alpha value is -2.44. The summed E-state index contributed by atoms with van der Waals surface area (Å²) in [7, 11) is 0. The number of nitrogens with two attached hydrogens (primary N) is 1. The molecule has 1 aromatic heterocycles. The van der Waals surface area contributed by atoms with Crippen molar-refractivity contribution >= 4 is 23.4 Å². The molecule has 0 radical (unpaired) electrons. The van der Waals surface area contributed by atoms with Gasteiger partial charge in [-0.1, -0.05) is 41.9 Å². The lowest BCUT2D eigenvalue weighted by Gasteiger charge is -2.49. The number of benzene rings is 1. The Balaban J connectivity index is 1.78. The fourth-order valence-corrected chi connectivity index (χ4v) is 3.12. The molecule has 124 valence electrons. The SMILES string of the molecule is NC(=O)c1cnc(C(=O)N2CC(CO)(c3ccccc3)C2)c(Cl)c1. The van der Waals surface area contributed by atoms with Crippen LogP contribution in [0.3, 0.4) is 0 Å². The van der Waals surface area contributed by atoms with Gasteiger partial charge in [-0.25, -0.2) is 4.98 Å². The van der Waals surface area contributed by atoms with E-state index in [4.69, 9.17) is 17.3 Å². The van der Waals surface area contributed by atoms with Crippen LogP contribution in [0.15, 0.2) is 42.6 Å². The molecule has 0 atom stereocenters. The van der Waals surface area contributed by atoms with Gasteiger partial charge in [-0.15, -0.1) is 0 Å². The molecule has 0 saturated carbocycles. The van der Waals surface area contributed by atoms with Gasteiger partial charge in [0.2, 0.25) is 5.91 Å². The summed E-state index contributed by atoms with van der Waals surface area (Å²) >= 11 is 6.05. The van der Waals surface area contributed by atoms with Crippen molar-refractivity contribution in [2.24, 2.45) is 5.73 Å². The smallest absolute Gasteiger partial charge is 0.274 e. The lowest BCUT2D eigenvalue weighted by atomic mass is 9.74. The number of primary amides is 1. The maximum atomic E-state index is 12.5. The molecule has 3 rings (SSSR count). The molecule has 3 N–H and O–H groups in total. The van der Waals surface area contributed by atoms with Crippen LogP contribution >= 0.6 is 11.6 Å². The van der Waals surface area contributed by atoms with E-state index in [2.05, 4.69) is 4.98 Å². The van der Waals surface area contributed by atoms with Gasteiger partial charge in [-0.3, -0.25) is 9.59 Å². The van der Waals surface area contributed by atoms with Crippen molar-refractivity contribution in [2.45, 2.75) is 5.41 Å². The van der Waals surface area contributed by atoms with E-state index in [-0.39, 0.29) is 28.8 Å². The lowest BCUT2D eigenvalue weighted by molar-refractivity contribution is 0.0174. The number of carbonyl (C=O) groups excluding carboxylic acids is 2. The van der Waals surface area contributed by atoms with Gasteiger partial charge in [0.25, 0.3) is 5.91 Å². The van der Waals surface area contributed by atoms with Gasteiger partial charge in [0.15, 0.2) is 0 Å². The van der Waals surface area contributed by atoms with Gasteiger partial charge in [0.1, 0.15) is 5.69 Å². The molecule has 0 bridgehead atoms. The van der Waals surface area contributed by atoms with Crippen LogP contribution < -0.4 is 5.73 Å². The average molecular weight is 346 g/mol. The van der Waals surface area contributed by atoms with E-state index < -0.39 is 11.3 Å². The van der Waals surface area contributed by atoms with Crippen LogP contribution in [0.25, 0.3) is 0 Å². The summed E-state index contributed by atoms with van der Waals surface area (Å²) in [5.74, 6) is -0.994. The summed E-state index contributed by atoms with van der Waals surface area (Å²) < 4.78 is 0. The Morgan fingerprint density at radius 2 is 1.96 bits per heavy atom. The van der Waals surface area contributed by atoms with Crippen molar-refractivity contribution in [3.63, 3.8) is 0 Å². The molecule has 7 heteroatoms. The van der Waals surface area contributed by atoms with E-state index in [0.717, 1.165) is 5.56 Å². The van der Waals surface area contributed by atoms with Gasteiger partial charge < -0.3 is 15.7 Å². The predicted octanol–water partition coefficient (Wildman–Crippen LogP) is 1.22. The summed E-state index contributed by atoms with van der Waals surface area (Å²) in [4.78, 5) is 29.2. The van der Waals surface area contributed by atoms with E-state index >= 15 is 0 Å². The van der Waals surface area contributed by atoms with Crippen molar-refractivity contribution in [2.75, 3.05) is 19.7 Å². The normalized spacial score (nSPS) is 15.7. The molecule has 1 aliphatic heterocycles. The molecule has 2 amide bonds. The minimum Gasteiger partial charge on any atom is -0.395 e. The van der Waals surface area contributed by atoms with Gasteiger partial charge >= 0.3 is 0 Å². The predicted molar refractivity (Wildman–Crippen MR) is 88.9 cm³/mol. The highest BCUT2D eigenvalue weighted by Gasteiger charge is 2.46. The highest BCUT2D eigenvalue weighted by atomic mass is 35.5. The second kappa shape index (κ2) is 6.22. The summed E-state index contributed by atoms with van der Waals surface area (Å²) in [5.41, 5.74) is 5.91. The van der Waals surface area contributed by atoms with E-state index in [9.17, 15) is 14.7 Å². The number of likely N-dealkylation sites (tertiary alicyclic amines) is 1. The third-order valence-corrected chi connectivity index (χ3v) is 4.58. The van der Waals surface area contributed by atoms with Crippen LogP contribution in [-0.2, 0) is 5.41 Å². The number of halogens is 1. The second-order valence-corrected chi connectivity index (χ2v) is 6.29. The zero-order valence-corrected chi connectivity index (χ0v) is 13.5.